The molecule has 0 spiro atoms. The highest BCUT2D eigenvalue weighted by molar-refractivity contribution is 7.92. The molecule has 1 aromatic carbocycles. The lowest BCUT2D eigenvalue weighted by Crippen LogP contribution is -2.50. The molecule has 1 saturated heterocycles. The van der Waals surface area contributed by atoms with Gasteiger partial charge in [0.2, 0.25) is 10.0 Å². The molecular formula is C17H28ClN3O3S. The molecule has 2 aliphatic rings. The molecule has 1 aliphatic carbocycles. The minimum absolute atomic E-state index is 0. The molecule has 0 amide bonds. The smallest absolute Gasteiger partial charge is 0.229 e. The van der Waals surface area contributed by atoms with Crippen LogP contribution in [0.2, 0.25) is 0 Å². The summed E-state index contributed by atoms with van der Waals surface area (Å²) in [6, 6.07) is 8.51. The van der Waals surface area contributed by atoms with Crippen LogP contribution in [0.5, 0.6) is 0 Å². The molecular weight excluding hydrogens is 362 g/mol. The zero-order valence-corrected chi connectivity index (χ0v) is 16.2. The van der Waals surface area contributed by atoms with Crippen LogP contribution in [-0.2, 0) is 21.3 Å². The molecule has 6 nitrogen and oxygen atoms in total. The van der Waals surface area contributed by atoms with Gasteiger partial charge in [-0.1, -0.05) is 18.6 Å². The molecule has 0 radical (unpaired) electrons. The van der Waals surface area contributed by atoms with Crippen LogP contribution in [-0.4, -0.2) is 46.5 Å². The lowest BCUT2D eigenvalue weighted by Gasteiger charge is -2.33. The first kappa shape index (κ1) is 20.5. The highest BCUT2D eigenvalue weighted by Gasteiger charge is 2.34. The van der Waals surface area contributed by atoms with Crippen molar-refractivity contribution in [2.75, 3.05) is 30.7 Å². The number of hydrogen-bond acceptors (Lipinski definition) is 5. The number of sulfonamides is 1. The van der Waals surface area contributed by atoms with E-state index in [0.717, 1.165) is 38.1 Å². The molecule has 3 N–H and O–H groups in total. The Bertz CT molecular complexity index is 633. The Morgan fingerprint density at radius 1 is 1.24 bits per heavy atom. The molecule has 1 aromatic rings. The highest BCUT2D eigenvalue weighted by atomic mass is 35.5. The first-order valence-electron chi connectivity index (χ1n) is 8.62. The fourth-order valence-electron chi connectivity index (χ4n) is 3.74. The molecule has 3 unspecified atom stereocenters. The van der Waals surface area contributed by atoms with Gasteiger partial charge >= 0.3 is 0 Å². The zero-order chi connectivity index (χ0) is 17.0. The summed E-state index contributed by atoms with van der Waals surface area (Å²) < 4.78 is 30.6. The molecule has 2 fully saturated rings. The van der Waals surface area contributed by atoms with Gasteiger partial charge in [-0.15, -0.1) is 12.4 Å². The third-order valence-electron chi connectivity index (χ3n) is 4.86. The van der Waals surface area contributed by atoms with E-state index in [1.165, 1.54) is 19.3 Å². The average Bonchev–Trinajstić information content (AvgIpc) is 3.02. The first-order valence-corrected chi connectivity index (χ1v) is 10.5. The summed E-state index contributed by atoms with van der Waals surface area (Å²) >= 11 is 0. The van der Waals surface area contributed by atoms with Crippen molar-refractivity contribution < 1.29 is 13.2 Å². The van der Waals surface area contributed by atoms with Gasteiger partial charge in [0.25, 0.3) is 0 Å². The Morgan fingerprint density at radius 2 is 2.00 bits per heavy atom. The van der Waals surface area contributed by atoms with Gasteiger partial charge in [0, 0.05) is 30.9 Å². The highest BCUT2D eigenvalue weighted by Crippen LogP contribution is 2.29. The Hall–Kier alpha value is -0.860. The summed E-state index contributed by atoms with van der Waals surface area (Å²) in [6.07, 6.45) is 4.87. The summed E-state index contributed by atoms with van der Waals surface area (Å²) in [4.78, 5) is 0. The molecule has 142 valence electrons. The van der Waals surface area contributed by atoms with Crippen LogP contribution in [0.15, 0.2) is 24.3 Å². The third-order valence-corrected chi connectivity index (χ3v) is 5.47. The number of halogens is 1. The monoisotopic (exact) mass is 389 g/mol. The van der Waals surface area contributed by atoms with Gasteiger partial charge in [-0.2, -0.15) is 0 Å². The molecule has 25 heavy (non-hydrogen) atoms. The summed E-state index contributed by atoms with van der Waals surface area (Å²) in [7, 11) is -3.22. The van der Waals surface area contributed by atoms with E-state index in [1.807, 2.05) is 12.1 Å². The van der Waals surface area contributed by atoms with Crippen molar-refractivity contribution >= 4 is 28.1 Å². The molecule has 3 atom stereocenters. The van der Waals surface area contributed by atoms with E-state index in [4.69, 9.17) is 4.74 Å². The van der Waals surface area contributed by atoms with E-state index in [-0.39, 0.29) is 12.4 Å². The Labute approximate surface area is 156 Å². The van der Waals surface area contributed by atoms with E-state index in [2.05, 4.69) is 15.4 Å². The van der Waals surface area contributed by atoms with Gasteiger partial charge in [0.1, 0.15) is 0 Å². The fraction of sp³-hybridized carbons (Fsp3) is 0.647. The first-order chi connectivity index (χ1) is 11.5. The van der Waals surface area contributed by atoms with Crippen LogP contribution in [0, 0.1) is 5.92 Å². The molecule has 3 rings (SSSR count). The molecule has 0 aromatic heterocycles. The van der Waals surface area contributed by atoms with E-state index in [1.54, 1.807) is 12.1 Å². The maximum Gasteiger partial charge on any atom is 0.229 e. The van der Waals surface area contributed by atoms with Crippen LogP contribution in [0.3, 0.4) is 0 Å². The Kier molecular flexibility index (Phi) is 7.51. The molecule has 8 heteroatoms. The standard InChI is InChI=1S/C17H27N3O3S.ClH/c1-24(21,22)20-14-7-5-13(6-8-14)11-19-16-4-2-3-15(16)17-12-23-10-9-18-17;/h5-8,15-20H,2-4,9-12H2,1H3;1H. The predicted octanol–water partition coefficient (Wildman–Crippen LogP) is 1.73. The number of hydrogen-bond donors (Lipinski definition) is 3. The minimum atomic E-state index is -3.22. The number of benzene rings is 1. The minimum Gasteiger partial charge on any atom is -0.379 e. The van der Waals surface area contributed by atoms with Crippen molar-refractivity contribution in [1.29, 1.82) is 0 Å². The van der Waals surface area contributed by atoms with Gasteiger partial charge in [-0.05, 0) is 36.5 Å². The van der Waals surface area contributed by atoms with Crippen LogP contribution in [0.25, 0.3) is 0 Å². The SMILES string of the molecule is CS(=O)(=O)Nc1ccc(CNC2CCCC2C2COCCN2)cc1.Cl. The summed E-state index contributed by atoms with van der Waals surface area (Å²) in [5, 5.41) is 7.27. The average molecular weight is 390 g/mol. The van der Waals surface area contributed by atoms with Crippen LogP contribution >= 0.6 is 12.4 Å². The summed E-state index contributed by atoms with van der Waals surface area (Å²) in [5.74, 6) is 0.622. The van der Waals surface area contributed by atoms with Crippen molar-refractivity contribution in [3.63, 3.8) is 0 Å². The zero-order valence-electron chi connectivity index (χ0n) is 14.5. The number of anilines is 1. The number of rotatable bonds is 6. The van der Waals surface area contributed by atoms with Crippen molar-refractivity contribution in [3.8, 4) is 0 Å². The lowest BCUT2D eigenvalue weighted by molar-refractivity contribution is 0.0524. The number of morpholine rings is 1. The lowest BCUT2D eigenvalue weighted by atomic mass is 9.94. The largest absolute Gasteiger partial charge is 0.379 e. The Morgan fingerprint density at radius 3 is 2.64 bits per heavy atom. The van der Waals surface area contributed by atoms with Crippen molar-refractivity contribution in [3.05, 3.63) is 29.8 Å². The maximum absolute atomic E-state index is 11.2. The maximum atomic E-state index is 11.2. The van der Waals surface area contributed by atoms with Gasteiger partial charge in [-0.25, -0.2) is 8.42 Å². The van der Waals surface area contributed by atoms with Gasteiger partial charge in [-0.3, -0.25) is 4.72 Å². The van der Waals surface area contributed by atoms with E-state index in [9.17, 15) is 8.42 Å². The van der Waals surface area contributed by atoms with Gasteiger partial charge < -0.3 is 15.4 Å². The van der Waals surface area contributed by atoms with E-state index in [0.29, 0.717) is 23.7 Å². The van der Waals surface area contributed by atoms with Crippen molar-refractivity contribution in [2.24, 2.45) is 5.92 Å². The topological polar surface area (TPSA) is 79.5 Å². The van der Waals surface area contributed by atoms with Crippen LogP contribution in [0.4, 0.5) is 5.69 Å². The van der Waals surface area contributed by atoms with Crippen LogP contribution < -0.4 is 15.4 Å². The summed E-state index contributed by atoms with van der Waals surface area (Å²) in [6.45, 7) is 3.38. The normalized spacial score (nSPS) is 26.8. The second kappa shape index (κ2) is 9.19. The van der Waals surface area contributed by atoms with E-state index >= 15 is 0 Å². The second-order valence-electron chi connectivity index (χ2n) is 6.79. The third kappa shape index (κ3) is 6.11. The van der Waals surface area contributed by atoms with Crippen molar-refractivity contribution in [2.45, 2.75) is 37.9 Å². The van der Waals surface area contributed by atoms with Gasteiger partial charge in [0.15, 0.2) is 0 Å². The molecule has 1 aliphatic heterocycles. The van der Waals surface area contributed by atoms with Gasteiger partial charge in [0.05, 0.1) is 19.5 Å². The molecule has 0 bridgehead atoms. The second-order valence-corrected chi connectivity index (χ2v) is 8.54. The van der Waals surface area contributed by atoms with Crippen LogP contribution in [0.1, 0.15) is 24.8 Å². The Balaban J connectivity index is 0.00000225. The molecule has 1 saturated carbocycles. The van der Waals surface area contributed by atoms with Crippen molar-refractivity contribution in [1.82, 2.24) is 10.6 Å². The summed E-state index contributed by atoms with van der Waals surface area (Å²) in [5.41, 5.74) is 1.76. The number of nitrogens with one attached hydrogen (secondary N) is 3. The number of ether oxygens (including phenoxy) is 1. The molecule has 1 heterocycles. The fourth-order valence-corrected chi connectivity index (χ4v) is 4.30. The quantitative estimate of drug-likeness (QED) is 0.690. The van der Waals surface area contributed by atoms with E-state index < -0.39 is 10.0 Å². The predicted molar refractivity (Wildman–Crippen MR) is 103 cm³/mol.